The number of hydrogen-bond acceptors (Lipinski definition) is 7. The Labute approximate surface area is 251 Å². The number of nitrogens with zero attached hydrogens (tertiary/aromatic N) is 3. The topological polar surface area (TPSA) is 110 Å². The lowest BCUT2D eigenvalue weighted by molar-refractivity contribution is -0.214. The molecule has 0 atom stereocenters. The summed E-state index contributed by atoms with van der Waals surface area (Å²) < 4.78 is 43.5. The summed E-state index contributed by atoms with van der Waals surface area (Å²) >= 11 is 0. The fourth-order valence-corrected chi connectivity index (χ4v) is 6.06. The number of allylic oxidation sites excluding steroid dienone is 1. The van der Waals surface area contributed by atoms with Crippen molar-refractivity contribution in [1.82, 2.24) is 4.98 Å². The zero-order valence-corrected chi connectivity index (χ0v) is 25.1. The van der Waals surface area contributed by atoms with Gasteiger partial charge in [0.15, 0.2) is 0 Å². The number of halogens is 3. The SMILES string of the molecule is COO.COc1ccc(C2CCC(CN(C(=O)C3CCCCC3)c3cc(C(=C/N)/C=N/C(F)(F)F)ccn3)CC2)cc1C. The van der Waals surface area contributed by atoms with Crippen LogP contribution in [0.4, 0.5) is 19.0 Å². The number of aryl methyl sites for hydroxylation is 1. The van der Waals surface area contributed by atoms with E-state index in [1.807, 2.05) is 6.07 Å². The Balaban J connectivity index is 0.00000162. The van der Waals surface area contributed by atoms with Crippen LogP contribution < -0.4 is 15.4 Å². The van der Waals surface area contributed by atoms with Crippen LogP contribution in [0, 0.1) is 18.8 Å². The first-order chi connectivity index (χ1) is 20.6. The van der Waals surface area contributed by atoms with Crippen LogP contribution in [0.15, 0.2) is 47.7 Å². The fourth-order valence-electron chi connectivity index (χ4n) is 6.06. The fraction of sp³-hybridized carbons (Fsp3) is 0.531. The Morgan fingerprint density at radius 1 is 1.09 bits per heavy atom. The maximum Gasteiger partial charge on any atom is 0.503 e. The molecule has 43 heavy (non-hydrogen) atoms. The minimum Gasteiger partial charge on any atom is -0.496 e. The largest absolute Gasteiger partial charge is 0.503 e. The molecule has 1 amide bonds. The molecule has 4 rings (SSSR count). The molecule has 3 N–H and O–H groups in total. The number of alkyl halides is 3. The van der Waals surface area contributed by atoms with Crippen molar-refractivity contribution < 1.29 is 32.8 Å². The van der Waals surface area contributed by atoms with Crippen molar-refractivity contribution in [3.05, 3.63) is 59.4 Å². The van der Waals surface area contributed by atoms with Gasteiger partial charge >= 0.3 is 6.30 Å². The second-order valence-corrected chi connectivity index (χ2v) is 11.2. The Hall–Kier alpha value is -3.44. The molecule has 236 valence electrons. The second kappa shape index (κ2) is 16.4. The Morgan fingerprint density at radius 2 is 1.77 bits per heavy atom. The van der Waals surface area contributed by atoms with Gasteiger partial charge in [-0.3, -0.25) is 15.0 Å². The third-order valence-corrected chi connectivity index (χ3v) is 8.28. The highest BCUT2D eigenvalue weighted by molar-refractivity contribution is 6.10. The van der Waals surface area contributed by atoms with Crippen molar-refractivity contribution >= 4 is 23.5 Å². The van der Waals surface area contributed by atoms with E-state index in [1.165, 1.54) is 18.9 Å². The van der Waals surface area contributed by atoms with Crippen molar-refractivity contribution in [3.63, 3.8) is 0 Å². The average molecular weight is 605 g/mol. The molecule has 2 fully saturated rings. The molecule has 1 heterocycles. The highest BCUT2D eigenvalue weighted by Crippen LogP contribution is 2.38. The van der Waals surface area contributed by atoms with Gasteiger partial charge in [0.25, 0.3) is 0 Å². The molecule has 0 saturated heterocycles. The second-order valence-electron chi connectivity index (χ2n) is 11.2. The number of methoxy groups -OCH3 is 1. The first-order valence-electron chi connectivity index (χ1n) is 14.7. The van der Waals surface area contributed by atoms with E-state index in [4.69, 9.17) is 15.7 Å². The number of rotatable bonds is 8. The lowest BCUT2D eigenvalue weighted by Gasteiger charge is -2.35. The molecule has 1 aromatic heterocycles. The third-order valence-electron chi connectivity index (χ3n) is 8.28. The number of pyridine rings is 1. The Morgan fingerprint density at radius 3 is 2.35 bits per heavy atom. The standard InChI is InChI=1S/C31H39F3N4O2.CH4O2/c1-21-16-25(12-13-28(21)40-2)23-10-8-22(9-11-23)20-38(30(39)24-6-4-3-5-7-24)29-17-26(14-15-36-29)27(18-35)19-37-31(32,33)34;1-3-2/h12-19,22-24H,3-11,20,35H2,1-2H3;2H,1H3/b27-18+,37-19+;. The molecule has 0 unspecified atom stereocenters. The molecule has 0 spiro atoms. The number of aromatic nitrogens is 1. The number of nitrogens with two attached hydrogens (primary N) is 1. The van der Waals surface area contributed by atoms with Gasteiger partial charge in [0.1, 0.15) is 11.6 Å². The third kappa shape index (κ3) is 10.1. The number of ether oxygens (including phenoxy) is 1. The monoisotopic (exact) mass is 604 g/mol. The van der Waals surface area contributed by atoms with E-state index in [2.05, 4.69) is 33.9 Å². The van der Waals surface area contributed by atoms with Gasteiger partial charge in [-0.15, -0.1) is 13.2 Å². The molecular formula is C32H43F3N4O4. The number of carbonyl (C=O) groups is 1. The van der Waals surface area contributed by atoms with Gasteiger partial charge in [-0.1, -0.05) is 31.4 Å². The van der Waals surface area contributed by atoms with E-state index in [-0.39, 0.29) is 17.4 Å². The minimum absolute atomic E-state index is 0.0551. The van der Waals surface area contributed by atoms with Gasteiger partial charge in [0.05, 0.1) is 14.2 Å². The van der Waals surface area contributed by atoms with Crippen molar-refractivity contribution in [2.24, 2.45) is 22.6 Å². The van der Waals surface area contributed by atoms with Gasteiger partial charge in [0.2, 0.25) is 5.91 Å². The van der Waals surface area contributed by atoms with Crippen molar-refractivity contribution in [2.45, 2.75) is 76.9 Å². The van der Waals surface area contributed by atoms with E-state index in [0.717, 1.165) is 75.3 Å². The van der Waals surface area contributed by atoms with Crippen molar-refractivity contribution in [3.8, 4) is 5.75 Å². The normalized spacial score (nSPS) is 19.9. The van der Waals surface area contributed by atoms with Crippen LogP contribution >= 0.6 is 0 Å². The lowest BCUT2D eigenvalue weighted by Crippen LogP contribution is -2.41. The molecule has 1 aromatic carbocycles. The highest BCUT2D eigenvalue weighted by atomic mass is 19.4. The first-order valence-corrected chi connectivity index (χ1v) is 14.7. The van der Waals surface area contributed by atoms with Gasteiger partial charge in [-0.05, 0) is 92.2 Å². The quantitative estimate of drug-likeness (QED) is 0.142. The van der Waals surface area contributed by atoms with Crippen LogP contribution in [0.3, 0.4) is 0 Å². The molecule has 0 bridgehead atoms. The number of aliphatic imine (C=N–C) groups is 1. The molecule has 0 aliphatic heterocycles. The zero-order valence-electron chi connectivity index (χ0n) is 25.1. The molecule has 8 nitrogen and oxygen atoms in total. The summed E-state index contributed by atoms with van der Waals surface area (Å²) in [5, 5.41) is 7.07. The van der Waals surface area contributed by atoms with Gasteiger partial charge in [0, 0.05) is 36.6 Å². The zero-order chi connectivity index (χ0) is 31.4. The van der Waals surface area contributed by atoms with E-state index in [0.29, 0.717) is 36.0 Å². The number of carbonyl (C=O) groups excluding carboxylic acids is 1. The summed E-state index contributed by atoms with van der Waals surface area (Å²) in [6.45, 7) is 2.60. The van der Waals surface area contributed by atoms with Gasteiger partial charge < -0.3 is 10.5 Å². The number of anilines is 1. The summed E-state index contributed by atoms with van der Waals surface area (Å²) in [6.07, 6.45) is 7.52. The number of amides is 1. The molecule has 2 aromatic rings. The van der Waals surface area contributed by atoms with E-state index < -0.39 is 6.30 Å². The van der Waals surface area contributed by atoms with E-state index in [1.54, 1.807) is 24.1 Å². The molecule has 0 radical (unpaired) electrons. The Kier molecular flexibility index (Phi) is 13.0. The van der Waals surface area contributed by atoms with Crippen LogP contribution in [0.5, 0.6) is 5.75 Å². The van der Waals surface area contributed by atoms with Crippen LogP contribution in [0.25, 0.3) is 5.57 Å². The van der Waals surface area contributed by atoms with Crippen molar-refractivity contribution in [1.29, 1.82) is 0 Å². The number of hydrogen-bond donors (Lipinski definition) is 2. The molecule has 2 aliphatic carbocycles. The maximum atomic E-state index is 13.8. The van der Waals surface area contributed by atoms with Crippen molar-refractivity contribution in [2.75, 3.05) is 25.7 Å². The van der Waals surface area contributed by atoms with Gasteiger partial charge in [-0.25, -0.2) is 9.87 Å². The van der Waals surface area contributed by atoms with Crippen LogP contribution in [-0.2, 0) is 9.68 Å². The highest BCUT2D eigenvalue weighted by Gasteiger charge is 2.32. The molecule has 2 saturated carbocycles. The molecule has 2 aliphatic rings. The average Bonchev–Trinajstić information content (AvgIpc) is 3.00. The molecule has 11 heteroatoms. The lowest BCUT2D eigenvalue weighted by atomic mass is 9.78. The maximum absolute atomic E-state index is 13.8. The summed E-state index contributed by atoms with van der Waals surface area (Å²) in [5.41, 5.74) is 8.64. The minimum atomic E-state index is -4.70. The smallest absolute Gasteiger partial charge is 0.496 e. The van der Waals surface area contributed by atoms with Crippen LogP contribution in [0.2, 0.25) is 0 Å². The summed E-state index contributed by atoms with van der Waals surface area (Å²) in [5.74, 6) is 2.11. The summed E-state index contributed by atoms with van der Waals surface area (Å²) in [6, 6.07) is 9.62. The Bertz CT molecular complexity index is 1240. The first kappa shape index (κ1) is 34.1. The predicted octanol–water partition coefficient (Wildman–Crippen LogP) is 7.28. The summed E-state index contributed by atoms with van der Waals surface area (Å²) in [7, 11) is 2.86. The van der Waals surface area contributed by atoms with Gasteiger partial charge in [-0.2, -0.15) is 4.99 Å². The predicted molar refractivity (Wildman–Crippen MR) is 162 cm³/mol. The number of benzene rings is 1. The van der Waals surface area contributed by atoms with Crippen LogP contribution in [-0.4, -0.2) is 49.4 Å². The van der Waals surface area contributed by atoms with E-state index >= 15 is 0 Å². The van der Waals surface area contributed by atoms with Crippen LogP contribution in [0.1, 0.15) is 80.4 Å². The molecular weight excluding hydrogens is 561 g/mol. The summed E-state index contributed by atoms with van der Waals surface area (Å²) in [4.78, 5) is 26.0. The van der Waals surface area contributed by atoms with E-state index in [9.17, 15) is 18.0 Å².